The lowest BCUT2D eigenvalue weighted by molar-refractivity contribution is -0.116. The smallest absolute Gasteiger partial charge is 0.244 e. The normalized spacial score (nSPS) is 11.6. The fourth-order valence-corrected chi connectivity index (χ4v) is 4.26. The number of imidazole rings is 1. The Kier molecular flexibility index (Phi) is 4.82. The Balaban J connectivity index is 1.25. The summed E-state index contributed by atoms with van der Waals surface area (Å²) >= 11 is 7.75. The lowest BCUT2D eigenvalue weighted by atomic mass is 10.3. The average Bonchev–Trinajstić information content (AvgIpc) is 3.46. The largest absolute Gasteiger partial charge is 0.457 e. The molecule has 4 heterocycles. The van der Waals surface area contributed by atoms with E-state index in [0.717, 1.165) is 20.9 Å². The molecule has 0 spiro atoms. The van der Waals surface area contributed by atoms with Crippen LogP contribution in [0.1, 0.15) is 11.5 Å². The van der Waals surface area contributed by atoms with Gasteiger partial charge in [-0.1, -0.05) is 29.8 Å². The van der Waals surface area contributed by atoms with E-state index in [-0.39, 0.29) is 12.5 Å². The van der Waals surface area contributed by atoms with Gasteiger partial charge in [0.25, 0.3) is 0 Å². The zero-order chi connectivity index (χ0) is 20.5. The molecule has 1 amide bonds. The minimum absolute atomic E-state index is 0.255. The molecule has 0 bridgehead atoms. The topological polar surface area (TPSA) is 72.4 Å². The predicted molar refractivity (Wildman–Crippen MR) is 118 cm³/mol. The van der Waals surface area contributed by atoms with Crippen molar-refractivity contribution in [1.29, 1.82) is 0 Å². The summed E-state index contributed by atoms with van der Waals surface area (Å²) in [5.41, 5.74) is 2.32. The molecule has 5 aromatic rings. The Morgan fingerprint density at radius 3 is 2.90 bits per heavy atom. The molecule has 0 aliphatic carbocycles. The number of carbonyl (C=O) groups excluding carboxylic acids is 1. The molecular formula is C22H15ClN4O2S. The van der Waals surface area contributed by atoms with E-state index < -0.39 is 0 Å². The highest BCUT2D eigenvalue weighted by Gasteiger charge is 2.11. The highest BCUT2D eigenvalue weighted by molar-refractivity contribution is 7.21. The molecule has 0 saturated heterocycles. The Morgan fingerprint density at radius 2 is 2.00 bits per heavy atom. The molecule has 0 radical (unpaired) electrons. The highest BCUT2D eigenvalue weighted by atomic mass is 35.5. The van der Waals surface area contributed by atoms with Gasteiger partial charge >= 0.3 is 0 Å². The third-order valence-corrected chi connectivity index (χ3v) is 5.85. The monoisotopic (exact) mass is 434 g/mol. The van der Waals surface area contributed by atoms with Crippen LogP contribution in [0.4, 0.5) is 0 Å². The molecule has 148 valence electrons. The van der Waals surface area contributed by atoms with E-state index in [2.05, 4.69) is 15.3 Å². The van der Waals surface area contributed by atoms with Crippen LogP contribution in [0.2, 0.25) is 5.15 Å². The number of benzene rings is 1. The zero-order valence-corrected chi connectivity index (χ0v) is 17.2. The third-order valence-electron chi connectivity index (χ3n) is 4.52. The van der Waals surface area contributed by atoms with Crippen molar-refractivity contribution in [2.45, 2.75) is 6.54 Å². The number of para-hydroxylation sites is 1. The Labute approximate surface area is 180 Å². The van der Waals surface area contributed by atoms with Gasteiger partial charge in [-0.3, -0.25) is 9.20 Å². The van der Waals surface area contributed by atoms with Gasteiger partial charge in [0.2, 0.25) is 5.91 Å². The number of aromatic nitrogens is 3. The number of pyridine rings is 1. The van der Waals surface area contributed by atoms with Crippen LogP contribution in [0.15, 0.2) is 71.3 Å². The summed E-state index contributed by atoms with van der Waals surface area (Å²) in [6.45, 7) is 0.273. The molecule has 30 heavy (non-hydrogen) atoms. The molecule has 0 aliphatic heterocycles. The van der Waals surface area contributed by atoms with Gasteiger partial charge in [-0.25, -0.2) is 9.97 Å². The number of rotatable bonds is 5. The second kappa shape index (κ2) is 7.78. The first-order chi connectivity index (χ1) is 14.7. The van der Waals surface area contributed by atoms with Crippen molar-refractivity contribution in [3.63, 3.8) is 0 Å². The van der Waals surface area contributed by atoms with E-state index >= 15 is 0 Å². The molecule has 0 unspecified atom stereocenters. The molecule has 0 fully saturated rings. The summed E-state index contributed by atoms with van der Waals surface area (Å²) < 4.78 is 8.78. The molecule has 0 saturated carbocycles. The Morgan fingerprint density at radius 1 is 1.13 bits per heavy atom. The number of nitrogens with one attached hydrogen (secondary N) is 1. The number of amides is 1. The van der Waals surface area contributed by atoms with Gasteiger partial charge in [0.1, 0.15) is 11.4 Å². The molecular weight excluding hydrogens is 420 g/mol. The molecule has 1 N–H and O–H groups in total. The van der Waals surface area contributed by atoms with Crippen LogP contribution >= 0.6 is 22.9 Å². The van der Waals surface area contributed by atoms with Gasteiger partial charge in [0.05, 0.1) is 22.5 Å². The number of furan rings is 1. The summed E-state index contributed by atoms with van der Waals surface area (Å²) in [6.07, 6.45) is 4.92. The molecule has 0 aliphatic rings. The van der Waals surface area contributed by atoms with Crippen LogP contribution in [-0.4, -0.2) is 20.3 Å². The van der Waals surface area contributed by atoms with Gasteiger partial charge in [-0.15, -0.1) is 11.3 Å². The lowest BCUT2D eigenvalue weighted by Crippen LogP contribution is -2.19. The zero-order valence-electron chi connectivity index (χ0n) is 15.6. The maximum absolute atomic E-state index is 12.2. The molecule has 8 heteroatoms. The van der Waals surface area contributed by atoms with Gasteiger partial charge in [-0.05, 0) is 42.5 Å². The van der Waals surface area contributed by atoms with Crippen molar-refractivity contribution in [3.8, 4) is 10.8 Å². The van der Waals surface area contributed by atoms with Crippen LogP contribution in [0.5, 0.6) is 0 Å². The first-order valence-electron chi connectivity index (χ1n) is 9.20. The van der Waals surface area contributed by atoms with E-state index in [1.165, 1.54) is 6.08 Å². The Bertz CT molecular complexity index is 1370. The van der Waals surface area contributed by atoms with Crippen LogP contribution < -0.4 is 5.32 Å². The van der Waals surface area contributed by atoms with Crippen molar-refractivity contribution in [2.75, 3.05) is 0 Å². The average molecular weight is 435 g/mol. The molecule has 0 atom stereocenters. The quantitative estimate of drug-likeness (QED) is 0.386. The summed E-state index contributed by atoms with van der Waals surface area (Å²) in [5, 5.41) is 3.97. The second-order valence-corrected chi connectivity index (χ2v) is 7.91. The van der Waals surface area contributed by atoms with E-state index in [1.54, 1.807) is 17.4 Å². The van der Waals surface area contributed by atoms with E-state index in [1.807, 2.05) is 65.2 Å². The summed E-state index contributed by atoms with van der Waals surface area (Å²) in [4.78, 5) is 21.1. The van der Waals surface area contributed by atoms with Gasteiger partial charge in [0.15, 0.2) is 15.9 Å². The molecule has 1 aromatic carbocycles. The second-order valence-electron chi connectivity index (χ2n) is 6.52. The van der Waals surface area contributed by atoms with Crippen molar-refractivity contribution < 1.29 is 9.21 Å². The number of halogens is 1. The van der Waals surface area contributed by atoms with Gasteiger partial charge in [-0.2, -0.15) is 0 Å². The summed E-state index contributed by atoms with van der Waals surface area (Å²) in [7, 11) is 0. The maximum Gasteiger partial charge on any atom is 0.244 e. The third kappa shape index (κ3) is 3.60. The van der Waals surface area contributed by atoms with Crippen LogP contribution in [0, 0.1) is 0 Å². The highest BCUT2D eigenvalue weighted by Crippen LogP contribution is 2.31. The van der Waals surface area contributed by atoms with E-state index in [4.69, 9.17) is 16.0 Å². The fraction of sp³-hybridized carbons (Fsp3) is 0.0455. The molecule has 5 rings (SSSR count). The van der Waals surface area contributed by atoms with Crippen LogP contribution in [0.3, 0.4) is 0 Å². The van der Waals surface area contributed by atoms with E-state index in [9.17, 15) is 4.79 Å². The fourth-order valence-electron chi connectivity index (χ4n) is 3.09. The molecule has 4 aromatic heterocycles. The minimum atomic E-state index is -0.255. The minimum Gasteiger partial charge on any atom is -0.457 e. The summed E-state index contributed by atoms with van der Waals surface area (Å²) in [5.74, 6) is 1.09. The predicted octanol–water partition coefficient (Wildman–Crippen LogP) is 5.19. The number of thiazole rings is 1. The van der Waals surface area contributed by atoms with Crippen LogP contribution in [-0.2, 0) is 11.3 Å². The van der Waals surface area contributed by atoms with Crippen molar-refractivity contribution in [2.24, 2.45) is 0 Å². The Hall–Kier alpha value is -3.42. The van der Waals surface area contributed by atoms with Crippen LogP contribution in [0.25, 0.3) is 32.7 Å². The van der Waals surface area contributed by atoms with Gasteiger partial charge in [0, 0.05) is 12.3 Å². The van der Waals surface area contributed by atoms with Crippen molar-refractivity contribution >= 4 is 50.8 Å². The van der Waals surface area contributed by atoms with Gasteiger partial charge < -0.3 is 9.73 Å². The van der Waals surface area contributed by atoms with E-state index in [0.29, 0.717) is 22.4 Å². The number of nitrogens with zero attached hydrogens (tertiary/aromatic N) is 3. The SMILES string of the molecule is O=C(/C=C/c1c(Cl)nc2ccccn12)NCc1ccc(-c2nc3ccccc3s2)o1. The number of hydrogen-bond donors (Lipinski definition) is 1. The van der Waals surface area contributed by atoms with Crippen molar-refractivity contribution in [1.82, 2.24) is 19.7 Å². The lowest BCUT2D eigenvalue weighted by Gasteiger charge is -1.99. The standard InChI is InChI=1S/C22H15ClN4O2S/c23-21-16(27-12-4-3-7-19(27)26-21)9-11-20(28)24-13-14-8-10-17(29-14)22-25-15-5-1-2-6-18(15)30-22/h1-12H,13H2,(H,24,28)/b11-9+. The number of carbonyl (C=O) groups is 1. The number of hydrogen-bond acceptors (Lipinski definition) is 5. The first kappa shape index (κ1) is 18.6. The number of fused-ring (bicyclic) bond motifs is 2. The van der Waals surface area contributed by atoms with Crippen molar-refractivity contribution in [3.05, 3.63) is 83.5 Å². The maximum atomic E-state index is 12.2. The molecule has 6 nitrogen and oxygen atoms in total. The first-order valence-corrected chi connectivity index (χ1v) is 10.4. The summed E-state index contributed by atoms with van der Waals surface area (Å²) in [6, 6.07) is 17.3.